The van der Waals surface area contributed by atoms with E-state index in [2.05, 4.69) is 26.7 Å². The average molecular weight is 535 g/mol. The van der Waals surface area contributed by atoms with Gasteiger partial charge in [-0.3, -0.25) is 0 Å². The van der Waals surface area contributed by atoms with E-state index in [0.29, 0.717) is 29.8 Å². The van der Waals surface area contributed by atoms with Gasteiger partial charge in [0.1, 0.15) is 28.8 Å². The molecule has 1 atom stereocenters. The molecule has 0 bridgehead atoms. The Balaban J connectivity index is 1.50. The van der Waals surface area contributed by atoms with Crippen LogP contribution in [0.5, 0.6) is 5.75 Å². The molecule has 0 amide bonds. The van der Waals surface area contributed by atoms with Crippen molar-refractivity contribution in [2.24, 2.45) is 0 Å². The molecule has 1 aliphatic rings. The van der Waals surface area contributed by atoms with Crippen LogP contribution in [0.15, 0.2) is 67.4 Å². The maximum Gasteiger partial charge on any atom is 0.573 e. The lowest BCUT2D eigenvalue weighted by atomic mass is 9.98. The first-order valence-corrected chi connectivity index (χ1v) is 12.0. The van der Waals surface area contributed by atoms with E-state index >= 15 is 0 Å². The predicted octanol–water partition coefficient (Wildman–Crippen LogP) is 6.69. The molecule has 0 unspecified atom stereocenters. The van der Waals surface area contributed by atoms with Crippen LogP contribution in [-0.4, -0.2) is 37.8 Å². The highest BCUT2D eigenvalue weighted by Crippen LogP contribution is 2.32. The van der Waals surface area contributed by atoms with Crippen molar-refractivity contribution in [1.82, 2.24) is 24.3 Å². The highest BCUT2D eigenvalue weighted by Gasteiger charge is 2.31. The van der Waals surface area contributed by atoms with Crippen molar-refractivity contribution in [2.45, 2.75) is 44.5 Å². The molecule has 12 heteroatoms. The van der Waals surface area contributed by atoms with Crippen molar-refractivity contribution in [2.75, 3.05) is 12.4 Å². The standard InChI is InChI=1S/C25H26ClF3N6O2/c1-3-7-19(37-25(27,28)29)10-6-9-17-8-4-5-13-35-23(17)32-24(33-35)31-18-11-12-20(21(14-18)36-2)34-15-22(26)30-16-34/h3,6-7,10-12,14-17H,1,4-5,8-9,13H2,2H3,(H,31,33)/b10-6-,19-7+/t17-/m0/s1. The van der Waals surface area contributed by atoms with Crippen LogP contribution in [0.3, 0.4) is 0 Å². The van der Waals surface area contributed by atoms with Crippen LogP contribution < -0.4 is 10.1 Å². The highest BCUT2D eigenvalue weighted by atomic mass is 35.5. The van der Waals surface area contributed by atoms with E-state index in [1.807, 2.05) is 22.9 Å². The Kier molecular flexibility index (Phi) is 8.22. The molecule has 2 aromatic heterocycles. The van der Waals surface area contributed by atoms with Crippen molar-refractivity contribution in [3.63, 3.8) is 0 Å². The number of fused-ring (bicyclic) bond motifs is 1. The SMILES string of the molecule is C=C/C=C(\C=C/C[C@@H]1CCCCn2nc(Nc3ccc(-n4cnc(Cl)c4)c(OC)c3)nc21)OC(F)(F)F. The third-order valence-corrected chi connectivity index (χ3v) is 5.92. The number of aryl methyl sites for hydroxylation is 1. The molecule has 196 valence electrons. The quantitative estimate of drug-likeness (QED) is 0.243. The Bertz CT molecular complexity index is 1300. The molecule has 0 radical (unpaired) electrons. The number of hydrogen-bond acceptors (Lipinski definition) is 6. The summed E-state index contributed by atoms with van der Waals surface area (Å²) in [6, 6.07) is 5.56. The van der Waals surface area contributed by atoms with Gasteiger partial charge in [-0.05, 0) is 43.5 Å². The second kappa shape index (κ2) is 11.5. The average Bonchev–Trinajstić information content (AvgIpc) is 3.40. The van der Waals surface area contributed by atoms with Gasteiger partial charge >= 0.3 is 6.36 Å². The fourth-order valence-corrected chi connectivity index (χ4v) is 4.28. The van der Waals surface area contributed by atoms with Crippen LogP contribution >= 0.6 is 11.6 Å². The number of alkyl halides is 3. The Morgan fingerprint density at radius 3 is 2.86 bits per heavy atom. The topological polar surface area (TPSA) is 79.0 Å². The smallest absolute Gasteiger partial charge is 0.494 e. The largest absolute Gasteiger partial charge is 0.573 e. The molecule has 1 aromatic carbocycles. The number of benzene rings is 1. The van der Waals surface area contributed by atoms with Crippen LogP contribution in [0, 0.1) is 0 Å². The zero-order valence-corrected chi connectivity index (χ0v) is 20.8. The van der Waals surface area contributed by atoms with Gasteiger partial charge < -0.3 is 19.4 Å². The van der Waals surface area contributed by atoms with Gasteiger partial charge in [0.15, 0.2) is 0 Å². The Morgan fingerprint density at radius 1 is 1.32 bits per heavy atom. The first-order valence-electron chi connectivity index (χ1n) is 11.6. The lowest BCUT2D eigenvalue weighted by Gasteiger charge is -2.12. The molecule has 0 fully saturated rings. The fraction of sp³-hybridized carbons (Fsp3) is 0.320. The lowest BCUT2D eigenvalue weighted by Crippen LogP contribution is -2.12. The number of ether oxygens (including phenoxy) is 2. The van der Waals surface area contributed by atoms with Crippen LogP contribution in [0.25, 0.3) is 5.69 Å². The molecule has 3 aromatic rings. The van der Waals surface area contributed by atoms with E-state index < -0.39 is 6.36 Å². The van der Waals surface area contributed by atoms with Gasteiger partial charge in [0.2, 0.25) is 5.95 Å². The van der Waals surface area contributed by atoms with Crippen LogP contribution in [0.4, 0.5) is 24.8 Å². The van der Waals surface area contributed by atoms with Crippen molar-refractivity contribution in [3.05, 3.63) is 78.3 Å². The van der Waals surface area contributed by atoms with Gasteiger partial charge in [-0.2, -0.15) is 4.98 Å². The Morgan fingerprint density at radius 2 is 2.16 bits per heavy atom. The van der Waals surface area contributed by atoms with Gasteiger partial charge in [-0.15, -0.1) is 18.3 Å². The number of nitrogens with zero attached hydrogens (tertiary/aromatic N) is 5. The van der Waals surface area contributed by atoms with Crippen LogP contribution in [-0.2, 0) is 11.3 Å². The molecule has 0 aliphatic carbocycles. The maximum atomic E-state index is 12.6. The number of allylic oxidation sites excluding steroid dienone is 4. The van der Waals surface area contributed by atoms with Crippen molar-refractivity contribution in [1.29, 1.82) is 0 Å². The van der Waals surface area contributed by atoms with E-state index in [4.69, 9.17) is 21.3 Å². The van der Waals surface area contributed by atoms with Gasteiger partial charge in [-0.25, -0.2) is 9.67 Å². The van der Waals surface area contributed by atoms with E-state index in [1.54, 1.807) is 30.3 Å². The second-order valence-corrected chi connectivity index (χ2v) is 8.70. The lowest BCUT2D eigenvalue weighted by molar-refractivity contribution is -0.303. The third-order valence-electron chi connectivity index (χ3n) is 5.72. The number of hydrogen-bond donors (Lipinski definition) is 1. The summed E-state index contributed by atoms with van der Waals surface area (Å²) in [5, 5.41) is 8.21. The Labute approximate surface area is 217 Å². The van der Waals surface area contributed by atoms with E-state index in [-0.39, 0.29) is 11.7 Å². The first-order chi connectivity index (χ1) is 17.8. The zero-order chi connectivity index (χ0) is 26.4. The number of nitrogens with one attached hydrogen (secondary N) is 1. The molecule has 0 saturated carbocycles. The summed E-state index contributed by atoms with van der Waals surface area (Å²) in [7, 11) is 1.58. The van der Waals surface area contributed by atoms with Crippen LogP contribution in [0.1, 0.15) is 37.4 Å². The molecule has 0 spiro atoms. The summed E-state index contributed by atoms with van der Waals surface area (Å²) in [6.07, 6.45) is 7.14. The van der Waals surface area contributed by atoms with Crippen LogP contribution in [0.2, 0.25) is 5.15 Å². The summed E-state index contributed by atoms with van der Waals surface area (Å²) in [6.45, 7) is 4.15. The van der Waals surface area contributed by atoms with E-state index in [1.165, 1.54) is 18.2 Å². The zero-order valence-electron chi connectivity index (χ0n) is 20.1. The molecule has 0 saturated heterocycles. The van der Waals surface area contributed by atoms with Crippen molar-refractivity contribution < 1.29 is 22.6 Å². The first kappa shape index (κ1) is 26.3. The normalized spacial score (nSPS) is 16.4. The summed E-state index contributed by atoms with van der Waals surface area (Å²) < 4.78 is 51.1. The van der Waals surface area contributed by atoms with Crippen molar-refractivity contribution in [3.8, 4) is 11.4 Å². The number of imidazole rings is 1. The molecular weight excluding hydrogens is 509 g/mol. The number of anilines is 2. The predicted molar refractivity (Wildman–Crippen MR) is 134 cm³/mol. The van der Waals surface area contributed by atoms with E-state index in [0.717, 1.165) is 36.5 Å². The molecule has 3 heterocycles. The third kappa shape index (κ3) is 6.94. The minimum atomic E-state index is -4.77. The Hall–Kier alpha value is -3.73. The number of halogens is 4. The second-order valence-electron chi connectivity index (χ2n) is 8.32. The molecule has 1 aliphatic heterocycles. The minimum absolute atomic E-state index is 0.000527. The summed E-state index contributed by atoms with van der Waals surface area (Å²) in [4.78, 5) is 8.74. The highest BCUT2D eigenvalue weighted by molar-refractivity contribution is 6.29. The van der Waals surface area contributed by atoms with E-state index in [9.17, 15) is 13.2 Å². The van der Waals surface area contributed by atoms with Gasteiger partial charge in [0, 0.05) is 30.4 Å². The van der Waals surface area contributed by atoms with Gasteiger partial charge in [0.25, 0.3) is 0 Å². The molecule has 8 nitrogen and oxygen atoms in total. The molecule has 1 N–H and O–H groups in total. The number of methoxy groups -OCH3 is 1. The number of aromatic nitrogens is 5. The summed E-state index contributed by atoms with van der Waals surface area (Å²) >= 11 is 5.94. The molecule has 4 rings (SSSR count). The summed E-state index contributed by atoms with van der Waals surface area (Å²) in [5.41, 5.74) is 1.50. The number of rotatable bonds is 9. The maximum absolute atomic E-state index is 12.6. The monoisotopic (exact) mass is 534 g/mol. The van der Waals surface area contributed by atoms with Gasteiger partial charge in [-0.1, -0.05) is 36.8 Å². The van der Waals surface area contributed by atoms with Crippen molar-refractivity contribution >= 4 is 23.2 Å². The minimum Gasteiger partial charge on any atom is -0.494 e. The molecular formula is C25H26ClF3N6O2. The van der Waals surface area contributed by atoms with Gasteiger partial charge in [0.05, 0.1) is 12.8 Å². The fourth-order valence-electron chi connectivity index (χ4n) is 4.13. The summed E-state index contributed by atoms with van der Waals surface area (Å²) in [5.74, 6) is 1.49. The molecule has 37 heavy (non-hydrogen) atoms.